The Labute approximate surface area is 160 Å². The zero-order valence-electron chi connectivity index (χ0n) is 15.5. The molecule has 3 nitrogen and oxygen atoms in total. The molecular formula is C22H18F3N3. The molecule has 2 aromatic heterocycles. The van der Waals surface area contributed by atoms with Gasteiger partial charge >= 0.3 is 0 Å². The third kappa shape index (κ3) is 3.05. The van der Waals surface area contributed by atoms with E-state index in [-0.39, 0.29) is 22.3 Å². The number of hydrogen-bond acceptors (Lipinski definition) is 2. The molecule has 0 atom stereocenters. The third-order valence-electron chi connectivity index (χ3n) is 4.82. The van der Waals surface area contributed by atoms with Crippen LogP contribution in [0, 0.1) is 12.7 Å². The second kappa shape index (κ2) is 7.11. The van der Waals surface area contributed by atoms with E-state index in [0.29, 0.717) is 11.4 Å². The van der Waals surface area contributed by atoms with Crippen molar-refractivity contribution in [3.8, 4) is 16.9 Å². The van der Waals surface area contributed by atoms with Gasteiger partial charge in [-0.2, -0.15) is 5.10 Å². The Kier molecular flexibility index (Phi) is 4.63. The molecule has 0 aliphatic heterocycles. The number of fused-ring (bicyclic) bond motifs is 1. The zero-order chi connectivity index (χ0) is 19.8. The summed E-state index contributed by atoms with van der Waals surface area (Å²) in [7, 11) is 0. The Bertz CT molecular complexity index is 1150. The SMILES string of the molecule is CCc1ccc(-c2cc(C(F)F)c3c(C)nn(-c4ccccc4F)c3n2)cc1. The van der Waals surface area contributed by atoms with Gasteiger partial charge in [-0.05, 0) is 37.1 Å². The lowest BCUT2D eigenvalue weighted by atomic mass is 10.0. The molecular weight excluding hydrogens is 363 g/mol. The summed E-state index contributed by atoms with van der Waals surface area (Å²) in [4.78, 5) is 4.58. The maximum Gasteiger partial charge on any atom is 0.264 e. The molecule has 0 aliphatic carbocycles. The van der Waals surface area contributed by atoms with Crippen molar-refractivity contribution in [1.82, 2.24) is 14.8 Å². The number of hydrogen-bond donors (Lipinski definition) is 0. The highest BCUT2D eigenvalue weighted by Crippen LogP contribution is 2.34. The monoisotopic (exact) mass is 381 g/mol. The van der Waals surface area contributed by atoms with E-state index in [1.165, 1.54) is 16.8 Å². The van der Waals surface area contributed by atoms with E-state index in [9.17, 15) is 13.2 Å². The normalized spacial score (nSPS) is 11.5. The smallest absolute Gasteiger partial charge is 0.228 e. The van der Waals surface area contributed by atoms with Crippen LogP contribution in [-0.2, 0) is 6.42 Å². The summed E-state index contributed by atoms with van der Waals surface area (Å²) in [6.45, 7) is 3.67. The van der Waals surface area contributed by atoms with E-state index in [1.54, 1.807) is 25.1 Å². The van der Waals surface area contributed by atoms with Crippen LogP contribution in [0.1, 0.15) is 30.2 Å². The van der Waals surface area contributed by atoms with Gasteiger partial charge in [0.2, 0.25) is 0 Å². The van der Waals surface area contributed by atoms with Crippen molar-refractivity contribution in [2.75, 3.05) is 0 Å². The van der Waals surface area contributed by atoms with Crippen molar-refractivity contribution in [2.45, 2.75) is 26.7 Å². The Morgan fingerprint density at radius 3 is 2.39 bits per heavy atom. The van der Waals surface area contributed by atoms with Gasteiger partial charge in [-0.15, -0.1) is 0 Å². The van der Waals surface area contributed by atoms with Crippen LogP contribution in [0.5, 0.6) is 0 Å². The summed E-state index contributed by atoms with van der Waals surface area (Å²) in [5.74, 6) is -0.495. The first-order valence-electron chi connectivity index (χ1n) is 9.02. The van der Waals surface area contributed by atoms with Crippen molar-refractivity contribution in [3.63, 3.8) is 0 Å². The summed E-state index contributed by atoms with van der Waals surface area (Å²) in [5.41, 5.74) is 2.89. The molecule has 2 heterocycles. The highest BCUT2D eigenvalue weighted by atomic mass is 19.3. The number of pyridine rings is 1. The molecule has 6 heteroatoms. The number of para-hydroxylation sites is 1. The standard InChI is InChI=1S/C22H18F3N3/c1-3-14-8-10-15(11-9-14)18-12-16(21(24)25)20-13(2)27-28(22(20)26-18)19-7-5-4-6-17(19)23/h4-12,21H,3H2,1-2H3. The fourth-order valence-electron chi connectivity index (χ4n) is 3.34. The minimum absolute atomic E-state index is 0.153. The minimum Gasteiger partial charge on any atom is -0.228 e. The van der Waals surface area contributed by atoms with Gasteiger partial charge in [-0.25, -0.2) is 22.8 Å². The molecule has 0 bridgehead atoms. The van der Waals surface area contributed by atoms with Gasteiger partial charge in [0.1, 0.15) is 11.5 Å². The second-order valence-electron chi connectivity index (χ2n) is 6.60. The molecule has 0 saturated carbocycles. The van der Waals surface area contributed by atoms with Crippen LogP contribution in [-0.4, -0.2) is 14.8 Å². The van der Waals surface area contributed by atoms with Crippen molar-refractivity contribution in [1.29, 1.82) is 0 Å². The molecule has 28 heavy (non-hydrogen) atoms. The third-order valence-corrected chi connectivity index (χ3v) is 4.82. The van der Waals surface area contributed by atoms with E-state index in [2.05, 4.69) is 10.1 Å². The van der Waals surface area contributed by atoms with Crippen LogP contribution in [0.3, 0.4) is 0 Å². The van der Waals surface area contributed by atoms with Crippen LogP contribution >= 0.6 is 0 Å². The zero-order valence-corrected chi connectivity index (χ0v) is 15.5. The van der Waals surface area contributed by atoms with E-state index < -0.39 is 12.2 Å². The largest absolute Gasteiger partial charge is 0.264 e. The van der Waals surface area contributed by atoms with E-state index in [0.717, 1.165) is 17.5 Å². The number of halogens is 3. The minimum atomic E-state index is -2.70. The molecule has 0 spiro atoms. The van der Waals surface area contributed by atoms with Crippen LogP contribution in [0.25, 0.3) is 28.0 Å². The lowest BCUT2D eigenvalue weighted by molar-refractivity contribution is 0.153. The Balaban J connectivity index is 2.01. The molecule has 4 rings (SSSR count). The molecule has 0 N–H and O–H groups in total. The first kappa shape index (κ1) is 18.2. The summed E-state index contributed by atoms with van der Waals surface area (Å²) in [5, 5.41) is 4.56. The predicted octanol–water partition coefficient (Wildman–Crippen LogP) is 6.04. The summed E-state index contributed by atoms with van der Waals surface area (Å²) in [6, 6.07) is 15.1. The molecule has 0 unspecified atom stereocenters. The topological polar surface area (TPSA) is 30.7 Å². The number of alkyl halides is 2. The van der Waals surface area contributed by atoms with Gasteiger partial charge in [-0.3, -0.25) is 0 Å². The van der Waals surface area contributed by atoms with E-state index >= 15 is 0 Å². The first-order valence-corrected chi connectivity index (χ1v) is 9.02. The molecule has 2 aromatic carbocycles. The predicted molar refractivity (Wildman–Crippen MR) is 103 cm³/mol. The van der Waals surface area contributed by atoms with Crippen molar-refractivity contribution < 1.29 is 13.2 Å². The van der Waals surface area contributed by atoms with Gasteiger partial charge in [-0.1, -0.05) is 43.3 Å². The molecule has 0 aliphatic rings. The average molecular weight is 381 g/mol. The summed E-state index contributed by atoms with van der Waals surface area (Å²) in [6.07, 6.45) is -1.81. The summed E-state index contributed by atoms with van der Waals surface area (Å²) >= 11 is 0. The highest BCUT2D eigenvalue weighted by Gasteiger charge is 2.22. The van der Waals surface area contributed by atoms with Crippen LogP contribution in [0.2, 0.25) is 0 Å². The Hall–Kier alpha value is -3.15. The molecule has 142 valence electrons. The number of aryl methyl sites for hydroxylation is 2. The van der Waals surface area contributed by atoms with E-state index in [1.807, 2.05) is 31.2 Å². The van der Waals surface area contributed by atoms with Gasteiger partial charge in [0.15, 0.2) is 5.65 Å². The van der Waals surface area contributed by atoms with Crippen molar-refractivity contribution >= 4 is 11.0 Å². The van der Waals surface area contributed by atoms with Crippen LogP contribution in [0.15, 0.2) is 54.6 Å². The lowest BCUT2D eigenvalue weighted by Crippen LogP contribution is -2.02. The maximum atomic E-state index is 14.3. The van der Waals surface area contributed by atoms with Crippen LogP contribution < -0.4 is 0 Å². The van der Waals surface area contributed by atoms with Gasteiger partial charge < -0.3 is 0 Å². The number of nitrogens with zero attached hydrogens (tertiary/aromatic N) is 3. The average Bonchev–Trinajstić information content (AvgIpc) is 3.04. The van der Waals surface area contributed by atoms with Crippen molar-refractivity contribution in [2.24, 2.45) is 0 Å². The Morgan fingerprint density at radius 1 is 1.04 bits per heavy atom. The molecule has 0 radical (unpaired) electrons. The highest BCUT2D eigenvalue weighted by molar-refractivity contribution is 5.86. The number of rotatable bonds is 4. The number of aromatic nitrogens is 3. The lowest BCUT2D eigenvalue weighted by Gasteiger charge is -2.09. The summed E-state index contributed by atoms with van der Waals surface area (Å²) < 4.78 is 43.3. The fraction of sp³-hybridized carbons (Fsp3) is 0.182. The molecule has 0 fully saturated rings. The van der Waals surface area contributed by atoms with Crippen LogP contribution in [0.4, 0.5) is 13.2 Å². The van der Waals surface area contributed by atoms with E-state index in [4.69, 9.17) is 0 Å². The fourth-order valence-corrected chi connectivity index (χ4v) is 3.34. The quantitative estimate of drug-likeness (QED) is 0.432. The van der Waals surface area contributed by atoms with Gasteiger partial charge in [0, 0.05) is 11.1 Å². The Morgan fingerprint density at radius 2 is 1.75 bits per heavy atom. The second-order valence-corrected chi connectivity index (χ2v) is 6.60. The van der Waals surface area contributed by atoms with Crippen molar-refractivity contribution in [3.05, 3.63) is 77.2 Å². The van der Waals surface area contributed by atoms with Gasteiger partial charge in [0.25, 0.3) is 6.43 Å². The molecule has 4 aromatic rings. The maximum absolute atomic E-state index is 14.3. The molecule has 0 saturated heterocycles. The van der Waals surface area contributed by atoms with Gasteiger partial charge in [0.05, 0.1) is 16.8 Å². The molecule has 0 amide bonds. The first-order chi connectivity index (χ1) is 13.5. The number of benzene rings is 2.